The van der Waals surface area contributed by atoms with E-state index < -0.39 is 0 Å². The molecule has 10 heavy (non-hydrogen) atoms. The van der Waals surface area contributed by atoms with Gasteiger partial charge in [-0.1, -0.05) is 0 Å². The molecular formula is C6H8N2OS. The normalized spacial score (nSPS) is 13.1. The molecule has 2 heterocycles. The molecule has 0 saturated carbocycles. The molecule has 0 spiro atoms. The van der Waals surface area contributed by atoms with Gasteiger partial charge in [-0.15, -0.1) is 11.3 Å². The molecular weight excluding hydrogens is 148 g/mol. The SMILES string of the molecule is Cc1cscn1.O=C1CN1. The Morgan fingerprint density at radius 2 is 2.40 bits per heavy atom. The number of aryl methyl sites for hydroxylation is 1. The molecule has 1 aliphatic rings. The second-order valence-electron chi connectivity index (χ2n) is 1.91. The van der Waals surface area contributed by atoms with E-state index in [2.05, 4.69) is 10.3 Å². The summed E-state index contributed by atoms with van der Waals surface area (Å²) in [6.45, 7) is 2.58. The number of thiazole rings is 1. The summed E-state index contributed by atoms with van der Waals surface area (Å²) in [4.78, 5) is 13.4. The second-order valence-corrected chi connectivity index (χ2v) is 2.63. The minimum absolute atomic E-state index is 0.167. The number of amides is 1. The van der Waals surface area contributed by atoms with Gasteiger partial charge in [-0.25, -0.2) is 0 Å². The number of nitrogens with one attached hydrogen (secondary N) is 1. The van der Waals surface area contributed by atoms with Crippen LogP contribution in [0.1, 0.15) is 5.69 Å². The van der Waals surface area contributed by atoms with Crippen LogP contribution in [0.15, 0.2) is 10.9 Å². The van der Waals surface area contributed by atoms with Crippen LogP contribution in [-0.4, -0.2) is 17.4 Å². The molecule has 4 heteroatoms. The number of hydrogen-bond acceptors (Lipinski definition) is 3. The lowest BCUT2D eigenvalue weighted by Crippen LogP contribution is -1.66. The Balaban J connectivity index is 0.000000108. The summed E-state index contributed by atoms with van der Waals surface area (Å²) in [6.07, 6.45) is 0. The third kappa shape index (κ3) is 3.19. The van der Waals surface area contributed by atoms with E-state index in [1.54, 1.807) is 11.3 Å². The van der Waals surface area contributed by atoms with Gasteiger partial charge in [0, 0.05) is 11.1 Å². The maximum Gasteiger partial charge on any atom is 0.239 e. The van der Waals surface area contributed by atoms with Gasteiger partial charge < -0.3 is 5.32 Å². The summed E-state index contributed by atoms with van der Waals surface area (Å²) in [6, 6.07) is 0. The highest BCUT2D eigenvalue weighted by Gasteiger charge is 2.10. The zero-order chi connectivity index (χ0) is 7.40. The average Bonchev–Trinajstić information content (AvgIpc) is 2.50. The minimum Gasteiger partial charge on any atom is -0.346 e. The summed E-state index contributed by atoms with van der Waals surface area (Å²) < 4.78 is 0. The van der Waals surface area contributed by atoms with Gasteiger partial charge in [-0.05, 0) is 6.92 Å². The van der Waals surface area contributed by atoms with E-state index in [4.69, 9.17) is 0 Å². The van der Waals surface area contributed by atoms with Crippen LogP contribution in [0.25, 0.3) is 0 Å². The standard InChI is InChI=1S/C4H5NS.C2H3NO/c1-4-2-6-3-5-4;4-2-1-3-2/h2-3H,1H3;1H2,(H,3,4). The molecule has 1 N–H and O–H groups in total. The van der Waals surface area contributed by atoms with Gasteiger partial charge in [0.1, 0.15) is 0 Å². The van der Waals surface area contributed by atoms with Gasteiger partial charge >= 0.3 is 0 Å². The van der Waals surface area contributed by atoms with Gasteiger partial charge in [-0.2, -0.15) is 0 Å². The largest absolute Gasteiger partial charge is 0.346 e. The first-order valence-electron chi connectivity index (χ1n) is 2.90. The van der Waals surface area contributed by atoms with E-state index in [-0.39, 0.29) is 5.91 Å². The fraction of sp³-hybridized carbons (Fsp3) is 0.333. The first kappa shape index (κ1) is 7.21. The Morgan fingerprint density at radius 3 is 2.50 bits per heavy atom. The molecule has 1 aromatic rings. The smallest absolute Gasteiger partial charge is 0.239 e. The van der Waals surface area contributed by atoms with Crippen molar-refractivity contribution in [1.29, 1.82) is 0 Å². The molecule has 0 bridgehead atoms. The fourth-order valence-electron chi connectivity index (χ4n) is 0.309. The molecule has 0 unspecified atom stereocenters. The fourth-order valence-corrected chi connectivity index (χ4v) is 0.855. The van der Waals surface area contributed by atoms with Crippen LogP contribution >= 0.6 is 11.3 Å². The maximum atomic E-state index is 9.44. The summed E-state index contributed by atoms with van der Waals surface area (Å²) in [5.74, 6) is 0.167. The molecule has 0 aliphatic carbocycles. The van der Waals surface area contributed by atoms with Crippen molar-refractivity contribution in [2.45, 2.75) is 6.92 Å². The quantitative estimate of drug-likeness (QED) is 0.558. The summed E-state index contributed by atoms with van der Waals surface area (Å²) in [5.41, 5.74) is 2.94. The van der Waals surface area contributed by atoms with Crippen molar-refractivity contribution in [1.82, 2.24) is 10.3 Å². The van der Waals surface area contributed by atoms with E-state index in [1.807, 2.05) is 17.8 Å². The van der Waals surface area contributed by atoms with E-state index in [1.165, 1.54) is 0 Å². The highest BCUT2D eigenvalue weighted by atomic mass is 32.1. The first-order valence-corrected chi connectivity index (χ1v) is 3.85. The zero-order valence-corrected chi connectivity index (χ0v) is 6.44. The maximum absolute atomic E-state index is 9.44. The number of carbonyl (C=O) groups is 1. The molecule has 3 nitrogen and oxygen atoms in total. The number of carbonyl (C=O) groups excluding carboxylic acids is 1. The van der Waals surface area contributed by atoms with E-state index in [9.17, 15) is 4.79 Å². The van der Waals surface area contributed by atoms with Crippen LogP contribution in [0.5, 0.6) is 0 Å². The molecule has 54 valence electrons. The number of nitrogens with zero attached hydrogens (tertiary/aromatic N) is 1. The summed E-state index contributed by atoms with van der Waals surface area (Å²) in [5, 5.41) is 4.47. The lowest BCUT2D eigenvalue weighted by atomic mass is 10.6. The van der Waals surface area contributed by atoms with Gasteiger partial charge in [-0.3, -0.25) is 9.78 Å². The predicted molar refractivity (Wildman–Crippen MR) is 39.9 cm³/mol. The lowest BCUT2D eigenvalue weighted by molar-refractivity contribution is -0.110. The van der Waals surface area contributed by atoms with Crippen molar-refractivity contribution >= 4 is 17.2 Å². The molecule has 1 aliphatic heterocycles. The Labute approximate surface area is 63.1 Å². The van der Waals surface area contributed by atoms with Crippen molar-refractivity contribution in [3.05, 3.63) is 16.6 Å². The van der Waals surface area contributed by atoms with Crippen molar-refractivity contribution in [2.24, 2.45) is 0 Å². The van der Waals surface area contributed by atoms with E-state index in [0.717, 1.165) is 5.69 Å². The van der Waals surface area contributed by atoms with Crippen LogP contribution in [0.4, 0.5) is 0 Å². The highest BCUT2D eigenvalue weighted by Crippen LogP contribution is 1.95. The third-order valence-corrected chi connectivity index (χ3v) is 1.58. The van der Waals surface area contributed by atoms with Crippen molar-refractivity contribution in [3.8, 4) is 0 Å². The van der Waals surface area contributed by atoms with Crippen LogP contribution in [0.3, 0.4) is 0 Å². The highest BCUT2D eigenvalue weighted by molar-refractivity contribution is 7.07. The van der Waals surface area contributed by atoms with Crippen molar-refractivity contribution in [2.75, 3.05) is 6.54 Å². The molecule has 0 radical (unpaired) electrons. The Hall–Kier alpha value is -0.900. The van der Waals surface area contributed by atoms with Gasteiger partial charge in [0.2, 0.25) is 5.91 Å². The second kappa shape index (κ2) is 3.31. The lowest BCUT2D eigenvalue weighted by Gasteiger charge is -1.64. The molecule has 0 aromatic carbocycles. The van der Waals surface area contributed by atoms with Gasteiger partial charge in [0.25, 0.3) is 0 Å². The molecule has 1 fully saturated rings. The summed E-state index contributed by atoms with van der Waals surface area (Å²) >= 11 is 1.63. The third-order valence-electron chi connectivity index (χ3n) is 0.877. The van der Waals surface area contributed by atoms with Gasteiger partial charge in [0.15, 0.2) is 0 Å². The van der Waals surface area contributed by atoms with Gasteiger partial charge in [0.05, 0.1) is 12.1 Å². The monoisotopic (exact) mass is 156 g/mol. The van der Waals surface area contributed by atoms with Crippen LogP contribution in [0.2, 0.25) is 0 Å². The Morgan fingerprint density at radius 1 is 1.80 bits per heavy atom. The predicted octanol–water partition coefficient (Wildman–Crippen LogP) is 0.568. The Kier molecular flexibility index (Phi) is 2.39. The molecule has 2 rings (SSSR count). The molecule has 1 amide bonds. The zero-order valence-electron chi connectivity index (χ0n) is 5.63. The Bertz CT molecular complexity index is 202. The van der Waals surface area contributed by atoms with E-state index >= 15 is 0 Å². The van der Waals surface area contributed by atoms with Crippen molar-refractivity contribution in [3.63, 3.8) is 0 Å². The number of hydrogen-bond donors (Lipinski definition) is 1. The van der Waals surface area contributed by atoms with Crippen LogP contribution in [0, 0.1) is 6.92 Å². The van der Waals surface area contributed by atoms with Crippen LogP contribution < -0.4 is 5.32 Å². The molecule has 1 saturated heterocycles. The molecule has 1 aromatic heterocycles. The van der Waals surface area contributed by atoms with Crippen LogP contribution in [-0.2, 0) is 4.79 Å². The van der Waals surface area contributed by atoms with Crippen molar-refractivity contribution < 1.29 is 4.79 Å². The molecule has 0 atom stereocenters. The van der Waals surface area contributed by atoms with E-state index in [0.29, 0.717) is 6.54 Å². The average molecular weight is 156 g/mol. The first-order chi connectivity index (χ1) is 4.79. The summed E-state index contributed by atoms with van der Waals surface area (Å²) in [7, 11) is 0. The number of rotatable bonds is 0. The minimum atomic E-state index is 0.167. The topological polar surface area (TPSA) is 51.9 Å². The number of aromatic nitrogens is 1.